The molecule has 0 aliphatic rings. The second-order valence-electron chi connectivity index (χ2n) is 9.22. The number of aldehydes is 1. The zero-order chi connectivity index (χ0) is 36.4. The van der Waals surface area contributed by atoms with Crippen LogP contribution in [0.5, 0.6) is 17.2 Å². The van der Waals surface area contributed by atoms with E-state index >= 15 is 0 Å². The van der Waals surface area contributed by atoms with Gasteiger partial charge in [0.15, 0.2) is 0 Å². The van der Waals surface area contributed by atoms with E-state index in [1.165, 1.54) is 26.0 Å². The first-order chi connectivity index (χ1) is 23.7. The lowest BCUT2D eigenvalue weighted by molar-refractivity contribution is -0.763. The molecule has 0 aliphatic heterocycles. The molecule has 0 spiro atoms. The highest BCUT2D eigenvalue weighted by molar-refractivity contribution is 7.80. The Morgan fingerprint density at radius 1 is 0.898 bits per heavy atom. The minimum atomic E-state index is -0.881. The van der Waals surface area contributed by atoms with Crippen molar-refractivity contribution in [3.63, 3.8) is 0 Å². The van der Waals surface area contributed by atoms with Crippen LogP contribution in [0.4, 0.5) is 0 Å². The summed E-state index contributed by atoms with van der Waals surface area (Å²) in [6, 6.07) is 22.2. The fraction of sp³-hybridized carbons (Fsp3) is 0.229. The topological polar surface area (TPSA) is 131 Å². The maximum atomic E-state index is 12.1. The highest BCUT2D eigenvalue weighted by Crippen LogP contribution is 2.30. The van der Waals surface area contributed by atoms with Crippen molar-refractivity contribution in [2.24, 2.45) is 0 Å². The number of hydrogen-bond donors (Lipinski definition) is 0. The molecule has 10 nitrogen and oxygen atoms in total. The number of rotatable bonds is 13. The van der Waals surface area contributed by atoms with E-state index in [0.29, 0.717) is 23.3 Å². The van der Waals surface area contributed by atoms with E-state index in [0.717, 1.165) is 14.3 Å². The van der Waals surface area contributed by atoms with E-state index in [1.807, 2.05) is 18.2 Å². The van der Waals surface area contributed by atoms with E-state index in [9.17, 15) is 24.5 Å². The van der Waals surface area contributed by atoms with Crippen LogP contribution in [0.1, 0.15) is 55.5 Å². The van der Waals surface area contributed by atoms with E-state index in [1.54, 1.807) is 75.3 Å². The van der Waals surface area contributed by atoms with E-state index in [-0.39, 0.29) is 30.8 Å². The maximum Gasteiger partial charge on any atom is 0.347 e. The van der Waals surface area contributed by atoms with Crippen molar-refractivity contribution in [2.75, 3.05) is 7.11 Å². The summed E-state index contributed by atoms with van der Waals surface area (Å²) < 4.78 is 16.3. The van der Waals surface area contributed by atoms with Gasteiger partial charge in [-0.15, -0.1) is 10.1 Å². The van der Waals surface area contributed by atoms with E-state index in [2.05, 4.69) is 48.9 Å². The third kappa shape index (κ3) is 17.4. The first-order valence-electron chi connectivity index (χ1n) is 14.7. The maximum absolute atomic E-state index is 12.1. The summed E-state index contributed by atoms with van der Waals surface area (Å²) >= 11 is 8.92. The summed E-state index contributed by atoms with van der Waals surface area (Å²) in [4.78, 5) is 49.2. The van der Waals surface area contributed by atoms with E-state index in [4.69, 9.17) is 26.4 Å². The summed E-state index contributed by atoms with van der Waals surface area (Å²) in [5.74, 6) is 3.01. The molecule has 1 aromatic heterocycles. The molecule has 0 saturated heterocycles. The van der Waals surface area contributed by atoms with Gasteiger partial charge in [0.2, 0.25) is 0 Å². The third-order valence-corrected chi connectivity index (χ3v) is 8.62. The van der Waals surface area contributed by atoms with Gasteiger partial charge in [-0.05, 0) is 84.4 Å². The Balaban J connectivity index is 0.000000406. The van der Waals surface area contributed by atoms with Crippen LogP contribution in [-0.2, 0) is 21.0 Å². The average Bonchev–Trinajstić information content (AvgIpc) is 3.56. The molecule has 14 heteroatoms. The number of benzene rings is 3. The minimum Gasteiger partial charge on any atom is -0.496 e. The largest absolute Gasteiger partial charge is 0.496 e. The second-order valence-corrected chi connectivity index (χ2v) is 12.1. The van der Waals surface area contributed by atoms with Gasteiger partial charge in [-0.3, -0.25) is 4.79 Å². The van der Waals surface area contributed by atoms with Crippen molar-refractivity contribution in [3.8, 4) is 27.7 Å². The number of carbonyl (C=O) groups excluding carboxylic acids is 3. The highest BCUT2D eigenvalue weighted by atomic mass is 32.9. The van der Waals surface area contributed by atoms with Crippen LogP contribution in [0.25, 0.3) is 10.4 Å². The molecule has 1 heterocycles. The monoisotopic (exact) mass is 743 g/mol. The summed E-state index contributed by atoms with van der Waals surface area (Å²) in [6.07, 6.45) is 7.71. The predicted molar refractivity (Wildman–Crippen MR) is 200 cm³/mol. The molecule has 0 unspecified atom stereocenters. The Kier molecular flexibility index (Phi) is 22.0. The van der Waals surface area contributed by atoms with Crippen LogP contribution in [0, 0.1) is 13.9 Å². The minimum absolute atomic E-state index is 0.108. The molecule has 3 aromatic carbocycles. The number of nitrogens with zero attached hydrogens (tertiary/aromatic N) is 1. The van der Waals surface area contributed by atoms with Crippen molar-refractivity contribution >= 4 is 69.2 Å². The Bertz CT molecular complexity index is 1680. The first-order valence-corrected chi connectivity index (χ1v) is 17.8. The quantitative estimate of drug-likeness (QED) is 0.0190. The van der Waals surface area contributed by atoms with Gasteiger partial charge in [-0.1, -0.05) is 95.4 Å². The Labute approximate surface area is 303 Å². The molecule has 0 fully saturated rings. The Hall–Kier alpha value is -4.63. The van der Waals surface area contributed by atoms with Gasteiger partial charge in [0.1, 0.15) is 39.5 Å². The molecule has 0 bridgehead atoms. The molecule has 49 heavy (non-hydrogen) atoms. The number of esters is 2. The second kappa shape index (κ2) is 25.4. The summed E-state index contributed by atoms with van der Waals surface area (Å²) in [7, 11) is 4.65. The molecule has 0 radical (unpaired) electrons. The molecule has 0 atom stereocenters. The van der Waals surface area contributed by atoms with Crippen LogP contribution in [-0.4, -0.2) is 36.3 Å². The first kappa shape index (κ1) is 42.4. The van der Waals surface area contributed by atoms with Gasteiger partial charge in [-0.25, -0.2) is 4.79 Å². The number of carbonyl (C=O) groups is 3. The lowest BCUT2D eigenvalue weighted by Crippen LogP contribution is -2.10. The van der Waals surface area contributed by atoms with Crippen LogP contribution < -0.4 is 14.2 Å². The van der Waals surface area contributed by atoms with Gasteiger partial charge in [0.05, 0.1) is 13.5 Å². The van der Waals surface area contributed by atoms with Crippen molar-refractivity contribution in [2.45, 2.75) is 46.1 Å². The van der Waals surface area contributed by atoms with Gasteiger partial charge in [-0.2, -0.15) is 0 Å². The smallest absolute Gasteiger partial charge is 0.347 e. The van der Waals surface area contributed by atoms with Crippen LogP contribution >= 0.6 is 45.1 Å². The normalized spacial score (nSPS) is 9.69. The SMILES string of the molecule is C=S.CC/C=C\CC.COc1ccccc1C(=O)Oc1cccc(CO[N+](=O)[O-])c1.O=CCCC(=O)Oc1ccc(-c2cc(=S)ss2)cc1. The lowest BCUT2D eigenvalue weighted by atomic mass is 10.2. The van der Waals surface area contributed by atoms with Gasteiger partial charge < -0.3 is 23.8 Å². The van der Waals surface area contributed by atoms with E-state index < -0.39 is 17.0 Å². The zero-order valence-electron chi connectivity index (χ0n) is 27.2. The number of ether oxygens (including phenoxy) is 3. The molecule has 4 rings (SSSR count). The fourth-order valence-corrected chi connectivity index (χ4v) is 5.96. The van der Waals surface area contributed by atoms with Crippen molar-refractivity contribution < 1.29 is 38.5 Å². The van der Waals surface area contributed by atoms with Crippen LogP contribution in [0.3, 0.4) is 0 Å². The number of thiocarbonyl (C=S) groups is 1. The molecule has 0 N–H and O–H groups in total. The lowest BCUT2D eigenvalue weighted by Gasteiger charge is -2.09. The molecule has 4 aromatic rings. The third-order valence-electron chi connectivity index (χ3n) is 5.71. The summed E-state index contributed by atoms with van der Waals surface area (Å²) in [5.41, 5.74) is 1.85. The average molecular weight is 744 g/mol. The zero-order valence-corrected chi connectivity index (χ0v) is 30.5. The molecular weight excluding hydrogens is 707 g/mol. The van der Waals surface area contributed by atoms with Crippen LogP contribution in [0.15, 0.2) is 91.0 Å². The van der Waals surface area contributed by atoms with Gasteiger partial charge in [0.25, 0.3) is 5.09 Å². The van der Waals surface area contributed by atoms with Gasteiger partial charge >= 0.3 is 11.9 Å². The number of hydrogen-bond acceptors (Lipinski definition) is 13. The molecular formula is C35H37NO9S4. The van der Waals surface area contributed by atoms with Crippen molar-refractivity contribution in [1.29, 1.82) is 0 Å². The fourth-order valence-electron chi connectivity index (χ4n) is 3.55. The summed E-state index contributed by atoms with van der Waals surface area (Å²) in [6.45, 7) is 4.07. The van der Waals surface area contributed by atoms with Gasteiger partial charge in [0, 0.05) is 11.3 Å². The number of para-hydroxylation sites is 1. The molecule has 0 aliphatic carbocycles. The molecule has 0 saturated carbocycles. The molecule has 0 amide bonds. The predicted octanol–water partition coefficient (Wildman–Crippen LogP) is 9.69. The Morgan fingerprint density at radius 3 is 2.14 bits per heavy atom. The van der Waals surface area contributed by atoms with Crippen LogP contribution in [0.2, 0.25) is 0 Å². The number of allylic oxidation sites excluding steroid dienone is 2. The van der Waals surface area contributed by atoms with Crippen molar-refractivity contribution in [1.82, 2.24) is 0 Å². The highest BCUT2D eigenvalue weighted by Gasteiger charge is 2.14. The molecule has 260 valence electrons. The van der Waals surface area contributed by atoms with Crippen molar-refractivity contribution in [3.05, 3.63) is 116 Å². The standard InChI is InChI=1S/C15H13NO6.C13H10O3S3.C6H12.CH2S/c1-20-14-8-3-2-7-13(14)15(17)22-12-6-4-5-11(9-12)10-21-16(18)19;14-7-1-2-12(15)16-10-5-3-9(4-6-10)11-8-13(17)19-18-11;1-3-5-6-4-2;1-2/h2-9H,10H2,1H3;3-8H,1-2H2;5-6H,3-4H2,1-2H3;1H2/b;;6-5-;. The Morgan fingerprint density at radius 2 is 1.57 bits per heavy atom. The summed E-state index contributed by atoms with van der Waals surface area (Å²) in [5, 5.41) is 9.29. The number of methoxy groups -OCH3 is 1.